The molecule has 0 aliphatic carbocycles. The van der Waals surface area contributed by atoms with Crippen molar-refractivity contribution in [2.45, 2.75) is 13.1 Å². The fraction of sp³-hybridized carbons (Fsp3) is 0.150. The summed E-state index contributed by atoms with van der Waals surface area (Å²) in [6, 6.07) is 19.9. The fourth-order valence-corrected chi connectivity index (χ4v) is 3.70. The highest BCUT2D eigenvalue weighted by Gasteiger charge is 2.14. The molecule has 1 heterocycles. The molecule has 134 valence electrons. The first-order valence-corrected chi connectivity index (χ1v) is 9.78. The first-order valence-electron chi connectivity index (χ1n) is 8.11. The Morgan fingerprint density at radius 2 is 1.92 bits per heavy atom. The fourth-order valence-electron chi connectivity index (χ4n) is 2.57. The zero-order chi connectivity index (χ0) is 18.4. The first-order chi connectivity index (χ1) is 12.7. The highest BCUT2D eigenvalue weighted by atomic mass is 35.5. The van der Waals surface area contributed by atoms with Gasteiger partial charge in [0, 0.05) is 16.4 Å². The molecule has 0 radical (unpaired) electrons. The molecule has 0 amide bonds. The third kappa shape index (κ3) is 4.97. The molecule has 6 heteroatoms. The number of ether oxygens (including phenoxy) is 1. The van der Waals surface area contributed by atoms with E-state index in [1.807, 2.05) is 30.3 Å². The van der Waals surface area contributed by atoms with E-state index in [9.17, 15) is 0 Å². The number of thiophene rings is 1. The van der Waals surface area contributed by atoms with Crippen LogP contribution < -0.4 is 10.1 Å². The van der Waals surface area contributed by atoms with Crippen molar-refractivity contribution in [1.82, 2.24) is 4.90 Å². The van der Waals surface area contributed by atoms with Gasteiger partial charge in [-0.2, -0.15) is 0 Å². The van der Waals surface area contributed by atoms with Crippen LogP contribution in [0.15, 0.2) is 66.0 Å². The lowest BCUT2D eigenvalue weighted by Gasteiger charge is -2.26. The summed E-state index contributed by atoms with van der Waals surface area (Å²) in [4.78, 5) is 3.39. The second-order valence-corrected chi connectivity index (χ2v) is 7.55. The molecule has 0 saturated carbocycles. The Kier molecular flexibility index (Phi) is 6.50. The number of halogens is 1. The molecule has 26 heavy (non-hydrogen) atoms. The first kappa shape index (κ1) is 18.7. The Morgan fingerprint density at radius 1 is 1.12 bits per heavy atom. The molecule has 0 aliphatic rings. The molecule has 1 aromatic heterocycles. The van der Waals surface area contributed by atoms with Crippen LogP contribution >= 0.6 is 35.2 Å². The minimum Gasteiger partial charge on any atom is -0.495 e. The predicted octanol–water partition coefficient (Wildman–Crippen LogP) is 5.81. The van der Waals surface area contributed by atoms with E-state index in [1.165, 1.54) is 10.4 Å². The van der Waals surface area contributed by atoms with Crippen LogP contribution in [0.25, 0.3) is 0 Å². The van der Waals surface area contributed by atoms with Gasteiger partial charge < -0.3 is 15.0 Å². The van der Waals surface area contributed by atoms with Gasteiger partial charge in [0.15, 0.2) is 5.11 Å². The van der Waals surface area contributed by atoms with Crippen LogP contribution in [0.2, 0.25) is 5.02 Å². The van der Waals surface area contributed by atoms with Crippen LogP contribution in [0.4, 0.5) is 5.69 Å². The third-order valence-electron chi connectivity index (χ3n) is 3.83. The lowest BCUT2D eigenvalue weighted by atomic mass is 10.2. The Hall–Kier alpha value is -2.08. The summed E-state index contributed by atoms with van der Waals surface area (Å²) in [6.45, 7) is 1.45. The number of hydrogen-bond donors (Lipinski definition) is 1. The van der Waals surface area contributed by atoms with Gasteiger partial charge in [-0.1, -0.05) is 48.0 Å². The summed E-state index contributed by atoms with van der Waals surface area (Å²) in [5, 5.41) is 6.62. The molecule has 0 saturated heterocycles. The maximum atomic E-state index is 6.13. The van der Waals surface area contributed by atoms with Gasteiger partial charge in [-0.15, -0.1) is 11.3 Å². The molecular weight excluding hydrogens is 384 g/mol. The van der Waals surface area contributed by atoms with Crippen molar-refractivity contribution in [2.75, 3.05) is 12.4 Å². The van der Waals surface area contributed by atoms with Crippen LogP contribution in [-0.2, 0) is 13.1 Å². The summed E-state index contributed by atoms with van der Waals surface area (Å²) in [6.07, 6.45) is 0. The standard InChI is InChI=1S/C20H19ClN2OS2/c1-24-19-10-9-16(21)12-18(19)22-20(25)23(14-17-8-5-11-26-17)13-15-6-3-2-4-7-15/h2-12H,13-14H2,1H3,(H,22,25). The Balaban J connectivity index is 1.81. The number of rotatable bonds is 6. The van der Waals surface area contributed by atoms with E-state index in [-0.39, 0.29) is 0 Å². The number of nitrogens with zero attached hydrogens (tertiary/aromatic N) is 1. The van der Waals surface area contributed by atoms with Crippen molar-refractivity contribution >= 4 is 46.0 Å². The largest absolute Gasteiger partial charge is 0.495 e. The smallest absolute Gasteiger partial charge is 0.174 e. The van der Waals surface area contributed by atoms with Crippen molar-refractivity contribution in [3.63, 3.8) is 0 Å². The monoisotopic (exact) mass is 402 g/mol. The topological polar surface area (TPSA) is 24.5 Å². The third-order valence-corrected chi connectivity index (χ3v) is 5.29. The minimum atomic E-state index is 0.628. The van der Waals surface area contributed by atoms with E-state index in [4.69, 9.17) is 28.6 Å². The van der Waals surface area contributed by atoms with E-state index >= 15 is 0 Å². The quantitative estimate of drug-likeness (QED) is 0.526. The normalized spacial score (nSPS) is 10.4. The van der Waals surface area contributed by atoms with E-state index < -0.39 is 0 Å². The average molecular weight is 403 g/mol. The van der Waals surface area contributed by atoms with Crippen LogP contribution in [0.1, 0.15) is 10.4 Å². The van der Waals surface area contributed by atoms with Gasteiger partial charge in [0.05, 0.1) is 19.3 Å². The molecule has 2 aromatic carbocycles. The van der Waals surface area contributed by atoms with Crippen LogP contribution in [0, 0.1) is 0 Å². The maximum Gasteiger partial charge on any atom is 0.174 e. The second kappa shape index (κ2) is 9.03. The van der Waals surface area contributed by atoms with Gasteiger partial charge >= 0.3 is 0 Å². The van der Waals surface area contributed by atoms with E-state index in [1.54, 1.807) is 24.5 Å². The Morgan fingerprint density at radius 3 is 2.62 bits per heavy atom. The summed E-state index contributed by atoms with van der Waals surface area (Å²) in [5.41, 5.74) is 1.96. The Labute approximate surface area is 168 Å². The highest BCUT2D eigenvalue weighted by Crippen LogP contribution is 2.28. The van der Waals surface area contributed by atoms with Crippen LogP contribution in [-0.4, -0.2) is 17.1 Å². The molecule has 0 aliphatic heterocycles. The van der Waals surface area contributed by atoms with Gasteiger partial charge in [-0.3, -0.25) is 0 Å². The van der Waals surface area contributed by atoms with E-state index in [0.717, 1.165) is 12.2 Å². The molecule has 0 unspecified atom stereocenters. The number of thiocarbonyl (C=S) groups is 1. The van der Waals surface area contributed by atoms with Gasteiger partial charge in [0.2, 0.25) is 0 Å². The predicted molar refractivity (Wildman–Crippen MR) is 114 cm³/mol. The van der Waals surface area contributed by atoms with Gasteiger partial charge in [-0.05, 0) is 47.4 Å². The van der Waals surface area contributed by atoms with Crippen molar-refractivity contribution in [3.8, 4) is 5.75 Å². The van der Waals surface area contributed by atoms with E-state index in [2.05, 4.69) is 39.9 Å². The molecule has 0 atom stereocenters. The summed E-state index contributed by atoms with van der Waals surface area (Å²) >= 11 is 13.6. The number of nitrogens with one attached hydrogen (secondary N) is 1. The summed E-state index contributed by atoms with van der Waals surface area (Å²) in [5.74, 6) is 0.701. The number of benzene rings is 2. The zero-order valence-electron chi connectivity index (χ0n) is 14.3. The summed E-state index contributed by atoms with van der Waals surface area (Å²) in [7, 11) is 1.63. The van der Waals surface area contributed by atoms with Gasteiger partial charge in [-0.25, -0.2) is 0 Å². The van der Waals surface area contributed by atoms with Crippen molar-refractivity contribution in [2.24, 2.45) is 0 Å². The molecule has 0 fully saturated rings. The SMILES string of the molecule is COc1ccc(Cl)cc1NC(=S)N(Cc1ccccc1)Cc1cccs1. The Bertz CT molecular complexity index is 854. The molecule has 0 spiro atoms. The molecule has 1 N–H and O–H groups in total. The molecule has 3 nitrogen and oxygen atoms in total. The van der Waals surface area contributed by atoms with Crippen molar-refractivity contribution in [3.05, 3.63) is 81.5 Å². The zero-order valence-corrected chi connectivity index (χ0v) is 16.7. The van der Waals surface area contributed by atoms with Gasteiger partial charge in [0.25, 0.3) is 0 Å². The van der Waals surface area contributed by atoms with Crippen LogP contribution in [0.5, 0.6) is 5.75 Å². The van der Waals surface area contributed by atoms with Crippen LogP contribution in [0.3, 0.4) is 0 Å². The minimum absolute atomic E-state index is 0.628. The van der Waals surface area contributed by atoms with Gasteiger partial charge in [0.1, 0.15) is 5.75 Å². The number of hydrogen-bond acceptors (Lipinski definition) is 3. The lowest BCUT2D eigenvalue weighted by Crippen LogP contribution is -2.33. The number of anilines is 1. The average Bonchev–Trinajstić information content (AvgIpc) is 3.15. The molecule has 3 rings (SSSR count). The lowest BCUT2D eigenvalue weighted by molar-refractivity contribution is 0.411. The maximum absolute atomic E-state index is 6.13. The molecular formula is C20H19ClN2OS2. The highest BCUT2D eigenvalue weighted by molar-refractivity contribution is 7.80. The number of methoxy groups -OCH3 is 1. The summed E-state index contributed by atoms with van der Waals surface area (Å²) < 4.78 is 5.41. The second-order valence-electron chi connectivity index (χ2n) is 5.70. The molecule has 0 bridgehead atoms. The van der Waals surface area contributed by atoms with E-state index in [0.29, 0.717) is 22.4 Å². The van der Waals surface area contributed by atoms with Crippen molar-refractivity contribution in [1.29, 1.82) is 0 Å². The molecule has 3 aromatic rings. The van der Waals surface area contributed by atoms with Crippen molar-refractivity contribution < 1.29 is 4.74 Å².